The summed E-state index contributed by atoms with van der Waals surface area (Å²) in [5.74, 6) is -0.0784. The molecule has 146 valence electrons. The van der Waals surface area contributed by atoms with Crippen LogP contribution >= 0.6 is 0 Å². The van der Waals surface area contributed by atoms with E-state index in [4.69, 9.17) is 4.74 Å². The number of rotatable bonds is 5. The van der Waals surface area contributed by atoms with E-state index in [1.165, 1.54) is 13.2 Å². The van der Waals surface area contributed by atoms with Crippen molar-refractivity contribution in [3.8, 4) is 5.75 Å². The molecular formula is C22H24FN3O2. The summed E-state index contributed by atoms with van der Waals surface area (Å²) in [5.41, 5.74) is 3.60. The van der Waals surface area contributed by atoms with Gasteiger partial charge in [0.05, 0.1) is 18.5 Å². The van der Waals surface area contributed by atoms with Crippen molar-refractivity contribution in [2.24, 2.45) is 0 Å². The molecule has 0 aliphatic carbocycles. The summed E-state index contributed by atoms with van der Waals surface area (Å²) >= 11 is 0. The molecule has 1 N–H and O–H groups in total. The lowest BCUT2D eigenvalue weighted by Crippen LogP contribution is -2.22. The number of hydrogen-bond acceptors (Lipinski definition) is 4. The van der Waals surface area contributed by atoms with Crippen molar-refractivity contribution in [1.82, 2.24) is 14.7 Å². The minimum atomic E-state index is -0.726. The molecule has 5 nitrogen and oxygen atoms in total. The maximum atomic E-state index is 13.7. The summed E-state index contributed by atoms with van der Waals surface area (Å²) in [6, 6.07) is 16.6. The molecule has 6 heteroatoms. The van der Waals surface area contributed by atoms with Gasteiger partial charge >= 0.3 is 0 Å². The van der Waals surface area contributed by atoms with Crippen molar-refractivity contribution in [3.63, 3.8) is 0 Å². The van der Waals surface area contributed by atoms with Crippen LogP contribution in [0.2, 0.25) is 0 Å². The number of methoxy groups -OCH3 is 1. The van der Waals surface area contributed by atoms with Crippen LogP contribution in [0.25, 0.3) is 0 Å². The van der Waals surface area contributed by atoms with Crippen LogP contribution < -0.4 is 4.74 Å². The Balaban J connectivity index is 1.51. The Morgan fingerprint density at radius 1 is 1.14 bits per heavy atom. The third-order valence-electron chi connectivity index (χ3n) is 5.13. The first-order valence-electron chi connectivity index (χ1n) is 9.48. The fourth-order valence-electron chi connectivity index (χ4n) is 3.69. The van der Waals surface area contributed by atoms with Crippen molar-refractivity contribution >= 4 is 0 Å². The van der Waals surface area contributed by atoms with Crippen LogP contribution in [0.4, 0.5) is 4.39 Å². The average Bonchev–Trinajstić information content (AvgIpc) is 3.02. The highest BCUT2D eigenvalue weighted by Gasteiger charge is 2.21. The van der Waals surface area contributed by atoms with Gasteiger partial charge in [0.25, 0.3) is 0 Å². The number of aromatic nitrogens is 2. The quantitative estimate of drug-likeness (QED) is 0.735. The van der Waals surface area contributed by atoms with Gasteiger partial charge in [-0.1, -0.05) is 36.4 Å². The molecule has 1 aromatic heterocycles. The summed E-state index contributed by atoms with van der Waals surface area (Å²) in [7, 11) is 1.48. The predicted octanol–water partition coefficient (Wildman–Crippen LogP) is 3.52. The van der Waals surface area contributed by atoms with E-state index >= 15 is 0 Å². The first-order chi connectivity index (χ1) is 13.6. The lowest BCUT2D eigenvalue weighted by atomic mass is 10.1. The van der Waals surface area contributed by atoms with Crippen LogP contribution in [0.5, 0.6) is 5.75 Å². The normalized spacial score (nSPS) is 15.7. The van der Waals surface area contributed by atoms with Crippen LogP contribution in [0.3, 0.4) is 0 Å². The van der Waals surface area contributed by atoms with Crippen molar-refractivity contribution in [3.05, 3.63) is 82.9 Å². The maximum absolute atomic E-state index is 13.7. The summed E-state index contributed by atoms with van der Waals surface area (Å²) in [4.78, 5) is 2.31. The highest BCUT2D eigenvalue weighted by molar-refractivity contribution is 5.30. The van der Waals surface area contributed by atoms with Gasteiger partial charge in [-0.25, -0.2) is 4.39 Å². The molecule has 1 aliphatic heterocycles. The summed E-state index contributed by atoms with van der Waals surface area (Å²) in [6.45, 7) is 3.19. The molecule has 4 rings (SSSR count). The zero-order chi connectivity index (χ0) is 19.5. The molecule has 0 bridgehead atoms. The third kappa shape index (κ3) is 3.93. The largest absolute Gasteiger partial charge is 0.494 e. The molecule has 2 heterocycles. The number of halogens is 1. The van der Waals surface area contributed by atoms with Gasteiger partial charge in [-0.15, -0.1) is 0 Å². The predicted molar refractivity (Wildman–Crippen MR) is 104 cm³/mol. The molecule has 3 aromatic rings. The van der Waals surface area contributed by atoms with E-state index in [1.807, 2.05) is 41.1 Å². The van der Waals surface area contributed by atoms with Gasteiger partial charge in [-0.3, -0.25) is 9.58 Å². The van der Waals surface area contributed by atoms with Crippen LogP contribution in [-0.2, 0) is 19.6 Å². The third-order valence-corrected chi connectivity index (χ3v) is 5.13. The minimum absolute atomic E-state index is 0.269. The van der Waals surface area contributed by atoms with Crippen LogP contribution in [0, 0.1) is 5.82 Å². The van der Waals surface area contributed by atoms with Crippen molar-refractivity contribution in [2.45, 2.75) is 32.2 Å². The molecule has 0 radical (unpaired) electrons. The van der Waals surface area contributed by atoms with Gasteiger partial charge in [0.15, 0.2) is 11.6 Å². The number of ether oxygens (including phenoxy) is 1. The number of fused-ring (bicyclic) bond motifs is 1. The SMILES string of the molecule is COc1cc(CN2CCCn3nc([C@@H](O)c4ccccc4)cc3C2)ccc1F. The van der Waals surface area contributed by atoms with E-state index in [9.17, 15) is 9.50 Å². The standard InChI is InChI=1S/C22H24FN3O2/c1-28-21-12-16(8-9-19(21)23)14-25-10-5-11-26-18(15-25)13-20(24-26)22(27)17-6-3-2-4-7-17/h2-4,6-9,12-13,22,27H,5,10-11,14-15H2,1H3/t22-/m0/s1. The first-order valence-corrected chi connectivity index (χ1v) is 9.48. The van der Waals surface area contributed by atoms with Crippen LogP contribution in [0.15, 0.2) is 54.6 Å². The van der Waals surface area contributed by atoms with E-state index in [-0.39, 0.29) is 11.6 Å². The van der Waals surface area contributed by atoms with E-state index in [2.05, 4.69) is 10.00 Å². The molecule has 2 aromatic carbocycles. The van der Waals surface area contributed by atoms with Crippen molar-refractivity contribution < 1.29 is 14.2 Å². The van der Waals surface area contributed by atoms with E-state index in [0.717, 1.165) is 42.9 Å². The fraction of sp³-hybridized carbons (Fsp3) is 0.318. The van der Waals surface area contributed by atoms with Crippen LogP contribution in [-0.4, -0.2) is 33.4 Å². The molecule has 28 heavy (non-hydrogen) atoms. The number of aliphatic hydroxyl groups is 1. The molecule has 0 amide bonds. The van der Waals surface area contributed by atoms with Crippen molar-refractivity contribution in [1.29, 1.82) is 0 Å². The lowest BCUT2D eigenvalue weighted by Gasteiger charge is -2.20. The number of nitrogens with zero attached hydrogens (tertiary/aromatic N) is 3. The Morgan fingerprint density at radius 2 is 1.96 bits per heavy atom. The zero-order valence-corrected chi connectivity index (χ0v) is 15.9. The second-order valence-electron chi connectivity index (χ2n) is 7.13. The summed E-state index contributed by atoms with van der Waals surface area (Å²) in [6.07, 6.45) is 0.240. The van der Waals surface area contributed by atoms with Gasteiger partial charge < -0.3 is 9.84 Å². The Morgan fingerprint density at radius 3 is 2.75 bits per heavy atom. The Hall–Kier alpha value is -2.70. The first kappa shape index (κ1) is 18.7. The van der Waals surface area contributed by atoms with Crippen LogP contribution in [0.1, 0.15) is 35.0 Å². The van der Waals surface area contributed by atoms with Gasteiger partial charge in [-0.05, 0) is 35.7 Å². The van der Waals surface area contributed by atoms with E-state index in [0.29, 0.717) is 12.2 Å². The number of aryl methyl sites for hydroxylation is 1. The van der Waals surface area contributed by atoms with E-state index < -0.39 is 6.10 Å². The fourth-order valence-corrected chi connectivity index (χ4v) is 3.69. The summed E-state index contributed by atoms with van der Waals surface area (Å²) in [5, 5.41) is 15.3. The second-order valence-corrected chi connectivity index (χ2v) is 7.13. The van der Waals surface area contributed by atoms with Gasteiger partial charge in [0.1, 0.15) is 6.10 Å². The molecule has 0 fully saturated rings. The molecule has 1 atom stereocenters. The van der Waals surface area contributed by atoms with Gasteiger partial charge in [0.2, 0.25) is 0 Å². The lowest BCUT2D eigenvalue weighted by molar-refractivity contribution is 0.213. The molecule has 0 unspecified atom stereocenters. The molecule has 0 spiro atoms. The topological polar surface area (TPSA) is 50.5 Å². The number of benzene rings is 2. The monoisotopic (exact) mass is 381 g/mol. The Kier molecular flexibility index (Phi) is 5.41. The summed E-state index contributed by atoms with van der Waals surface area (Å²) < 4.78 is 20.7. The van der Waals surface area contributed by atoms with Gasteiger partial charge in [0, 0.05) is 26.2 Å². The number of aliphatic hydroxyl groups excluding tert-OH is 1. The van der Waals surface area contributed by atoms with Crippen molar-refractivity contribution in [2.75, 3.05) is 13.7 Å². The maximum Gasteiger partial charge on any atom is 0.165 e. The second kappa shape index (κ2) is 8.12. The molecule has 0 saturated carbocycles. The highest BCUT2D eigenvalue weighted by atomic mass is 19.1. The van der Waals surface area contributed by atoms with E-state index in [1.54, 1.807) is 12.1 Å². The number of hydrogen-bond donors (Lipinski definition) is 1. The zero-order valence-electron chi connectivity index (χ0n) is 15.9. The smallest absolute Gasteiger partial charge is 0.165 e. The minimum Gasteiger partial charge on any atom is -0.494 e. The highest BCUT2D eigenvalue weighted by Crippen LogP contribution is 2.25. The Bertz CT molecular complexity index is 942. The molecule has 0 saturated heterocycles. The molecule has 1 aliphatic rings. The van der Waals surface area contributed by atoms with Gasteiger partial charge in [-0.2, -0.15) is 5.10 Å². The Labute approximate surface area is 164 Å². The average molecular weight is 381 g/mol. The molecular weight excluding hydrogens is 357 g/mol.